The zero-order valence-corrected chi connectivity index (χ0v) is 19.5. The van der Waals surface area contributed by atoms with Crippen LogP contribution < -0.4 is 14.8 Å². The van der Waals surface area contributed by atoms with Gasteiger partial charge in [0.25, 0.3) is 0 Å². The lowest BCUT2D eigenvalue weighted by molar-refractivity contribution is -0.126. The Morgan fingerprint density at radius 3 is 2.52 bits per heavy atom. The number of carbonyl (C=O) groups is 1. The quantitative estimate of drug-likeness (QED) is 0.726. The van der Waals surface area contributed by atoms with Crippen molar-refractivity contribution in [3.05, 3.63) is 53.6 Å². The summed E-state index contributed by atoms with van der Waals surface area (Å²) < 4.78 is 39.5. The lowest BCUT2D eigenvalue weighted by atomic mass is 9.92. The van der Waals surface area contributed by atoms with Crippen LogP contribution in [-0.2, 0) is 27.7 Å². The van der Waals surface area contributed by atoms with E-state index < -0.39 is 10.0 Å². The molecule has 2 aromatic rings. The fourth-order valence-electron chi connectivity index (χ4n) is 4.90. The Labute approximate surface area is 195 Å². The minimum absolute atomic E-state index is 0.0525. The van der Waals surface area contributed by atoms with Crippen molar-refractivity contribution >= 4 is 15.9 Å². The van der Waals surface area contributed by atoms with Crippen molar-refractivity contribution in [1.29, 1.82) is 0 Å². The van der Waals surface area contributed by atoms with Crippen molar-refractivity contribution in [2.24, 2.45) is 5.92 Å². The number of ether oxygens (including phenoxy) is 2. The van der Waals surface area contributed by atoms with E-state index in [0.29, 0.717) is 55.5 Å². The minimum Gasteiger partial charge on any atom is -0.486 e. The van der Waals surface area contributed by atoms with E-state index in [0.717, 1.165) is 24.8 Å². The predicted molar refractivity (Wildman–Crippen MR) is 124 cm³/mol. The fourth-order valence-corrected chi connectivity index (χ4v) is 6.42. The van der Waals surface area contributed by atoms with Crippen LogP contribution in [-0.4, -0.2) is 51.0 Å². The molecule has 1 saturated heterocycles. The molecule has 176 valence electrons. The van der Waals surface area contributed by atoms with Crippen LogP contribution in [0.5, 0.6) is 11.5 Å². The number of carbonyl (C=O) groups excluding carboxylic acids is 1. The van der Waals surface area contributed by atoms with Crippen LogP contribution in [0.3, 0.4) is 0 Å². The number of hydrogen-bond donors (Lipinski definition) is 1. The Hall–Kier alpha value is -2.58. The number of nitrogens with zero attached hydrogens (tertiary/aromatic N) is 1. The van der Waals surface area contributed by atoms with Crippen LogP contribution >= 0.6 is 0 Å². The van der Waals surface area contributed by atoms with Gasteiger partial charge in [-0.2, -0.15) is 4.31 Å². The molecule has 5 rings (SSSR count). The number of para-hydroxylation sites is 2. The Morgan fingerprint density at radius 2 is 1.73 bits per heavy atom. The fraction of sp³-hybridized carbons (Fsp3) is 0.480. The summed E-state index contributed by atoms with van der Waals surface area (Å²) in [5.41, 5.74) is 2.43. The number of benzene rings is 2. The number of fused-ring (bicyclic) bond motifs is 2. The van der Waals surface area contributed by atoms with Crippen molar-refractivity contribution < 1.29 is 22.7 Å². The second kappa shape index (κ2) is 9.35. The van der Waals surface area contributed by atoms with Crippen molar-refractivity contribution in [3.63, 3.8) is 0 Å². The van der Waals surface area contributed by atoms with Crippen molar-refractivity contribution in [3.8, 4) is 11.5 Å². The summed E-state index contributed by atoms with van der Waals surface area (Å²) in [5.74, 6) is 1.15. The molecule has 0 saturated carbocycles. The van der Waals surface area contributed by atoms with E-state index in [1.807, 2.05) is 36.4 Å². The summed E-state index contributed by atoms with van der Waals surface area (Å²) in [4.78, 5) is 13.1. The Bertz CT molecular complexity index is 1130. The molecule has 1 fully saturated rings. The lowest BCUT2D eigenvalue weighted by Crippen LogP contribution is -2.46. The number of rotatable bonds is 5. The van der Waals surface area contributed by atoms with Gasteiger partial charge < -0.3 is 14.8 Å². The minimum atomic E-state index is -3.54. The Morgan fingerprint density at radius 1 is 1.00 bits per heavy atom. The zero-order valence-electron chi connectivity index (χ0n) is 18.7. The molecule has 8 heteroatoms. The van der Waals surface area contributed by atoms with E-state index in [1.165, 1.54) is 16.3 Å². The molecule has 1 N–H and O–H groups in total. The third-order valence-electron chi connectivity index (χ3n) is 6.85. The molecule has 2 aliphatic heterocycles. The molecule has 0 spiro atoms. The molecule has 1 amide bonds. The summed E-state index contributed by atoms with van der Waals surface area (Å²) >= 11 is 0. The Balaban J connectivity index is 1.13. The smallest absolute Gasteiger partial charge is 0.243 e. The van der Waals surface area contributed by atoms with Crippen LogP contribution in [0.2, 0.25) is 0 Å². The molecular weight excluding hydrogens is 440 g/mol. The summed E-state index contributed by atoms with van der Waals surface area (Å²) in [6, 6.07) is 13.0. The van der Waals surface area contributed by atoms with E-state index in [4.69, 9.17) is 9.47 Å². The highest BCUT2D eigenvalue weighted by atomic mass is 32.2. The van der Waals surface area contributed by atoms with E-state index in [2.05, 4.69) is 5.32 Å². The molecule has 1 aliphatic carbocycles. The molecule has 2 aromatic carbocycles. The van der Waals surface area contributed by atoms with E-state index in [1.54, 1.807) is 6.07 Å². The molecular formula is C25H30N2O5S. The van der Waals surface area contributed by atoms with Gasteiger partial charge in [0.2, 0.25) is 15.9 Å². The standard InChI is InChI=1S/C25H30N2O5S/c28-25(26-16-21-17-31-23-7-3-4-8-24(23)32-21)19-11-13-27(14-12-19)33(29,30)22-10-9-18-5-1-2-6-20(18)15-22/h3-4,7-10,15,19,21H,1-2,5-6,11-14,16-17H2,(H,26,28)/t21-/m1/s1. The second-order valence-corrected chi connectivity index (χ2v) is 11.0. The zero-order chi connectivity index (χ0) is 22.8. The SMILES string of the molecule is O=C(NC[C@@H]1COc2ccccc2O1)C1CCN(S(=O)(=O)c2ccc3c(c2)CCCC3)CC1. The van der Waals surface area contributed by atoms with Gasteiger partial charge in [-0.25, -0.2) is 8.42 Å². The van der Waals surface area contributed by atoms with Gasteiger partial charge in [-0.3, -0.25) is 4.79 Å². The van der Waals surface area contributed by atoms with Gasteiger partial charge in [-0.05, 0) is 73.9 Å². The number of nitrogens with one attached hydrogen (secondary N) is 1. The molecule has 0 unspecified atom stereocenters. The average Bonchev–Trinajstić information content (AvgIpc) is 2.87. The first-order chi connectivity index (χ1) is 16.0. The van der Waals surface area contributed by atoms with E-state index >= 15 is 0 Å². The monoisotopic (exact) mass is 470 g/mol. The van der Waals surface area contributed by atoms with Crippen LogP contribution in [0, 0.1) is 5.92 Å². The third-order valence-corrected chi connectivity index (χ3v) is 8.75. The van der Waals surface area contributed by atoms with Gasteiger partial charge >= 0.3 is 0 Å². The van der Waals surface area contributed by atoms with Crippen molar-refractivity contribution in [1.82, 2.24) is 9.62 Å². The van der Waals surface area contributed by atoms with Crippen LogP contribution in [0.1, 0.15) is 36.8 Å². The normalized spacial score (nSPS) is 21.3. The van der Waals surface area contributed by atoms with Crippen LogP contribution in [0.15, 0.2) is 47.4 Å². The van der Waals surface area contributed by atoms with Gasteiger partial charge in [0.1, 0.15) is 12.7 Å². The lowest BCUT2D eigenvalue weighted by Gasteiger charge is -2.31. The molecule has 2 heterocycles. The molecule has 1 atom stereocenters. The number of piperidine rings is 1. The molecule has 0 aromatic heterocycles. The highest BCUT2D eigenvalue weighted by molar-refractivity contribution is 7.89. The summed E-state index contributed by atoms with van der Waals surface area (Å²) in [5, 5.41) is 2.96. The predicted octanol–water partition coefficient (Wildman–Crippen LogP) is 2.92. The van der Waals surface area contributed by atoms with Gasteiger partial charge in [0.05, 0.1) is 11.4 Å². The largest absolute Gasteiger partial charge is 0.486 e. The van der Waals surface area contributed by atoms with Crippen LogP contribution in [0.25, 0.3) is 0 Å². The molecule has 0 radical (unpaired) electrons. The summed E-state index contributed by atoms with van der Waals surface area (Å²) in [6.45, 7) is 1.46. The Kier molecular flexibility index (Phi) is 6.29. The molecule has 7 nitrogen and oxygen atoms in total. The maximum Gasteiger partial charge on any atom is 0.243 e. The molecule has 33 heavy (non-hydrogen) atoms. The first-order valence-corrected chi connectivity index (χ1v) is 13.2. The summed E-state index contributed by atoms with van der Waals surface area (Å²) in [6.07, 6.45) is 5.04. The van der Waals surface area contributed by atoms with Gasteiger partial charge in [0, 0.05) is 19.0 Å². The maximum atomic E-state index is 13.2. The molecule has 3 aliphatic rings. The molecule has 0 bridgehead atoms. The van der Waals surface area contributed by atoms with Gasteiger partial charge in [-0.15, -0.1) is 0 Å². The van der Waals surface area contributed by atoms with Gasteiger partial charge in [-0.1, -0.05) is 18.2 Å². The van der Waals surface area contributed by atoms with E-state index in [9.17, 15) is 13.2 Å². The topological polar surface area (TPSA) is 84.9 Å². The van der Waals surface area contributed by atoms with Gasteiger partial charge in [0.15, 0.2) is 11.5 Å². The number of sulfonamides is 1. The van der Waals surface area contributed by atoms with Crippen LogP contribution in [0.4, 0.5) is 0 Å². The first kappa shape index (κ1) is 22.2. The number of aryl methyl sites for hydroxylation is 2. The number of amides is 1. The highest BCUT2D eigenvalue weighted by Gasteiger charge is 2.33. The number of hydrogen-bond acceptors (Lipinski definition) is 5. The average molecular weight is 471 g/mol. The van der Waals surface area contributed by atoms with Crippen molar-refractivity contribution in [2.75, 3.05) is 26.2 Å². The van der Waals surface area contributed by atoms with E-state index in [-0.39, 0.29) is 17.9 Å². The highest BCUT2D eigenvalue weighted by Crippen LogP contribution is 2.31. The maximum absolute atomic E-state index is 13.2. The second-order valence-electron chi connectivity index (χ2n) is 9.06. The van der Waals surface area contributed by atoms with Crippen molar-refractivity contribution in [2.45, 2.75) is 49.5 Å². The summed E-state index contributed by atoms with van der Waals surface area (Å²) in [7, 11) is -3.54. The first-order valence-electron chi connectivity index (χ1n) is 11.8. The third kappa shape index (κ3) is 4.73.